The van der Waals surface area contributed by atoms with Crippen molar-refractivity contribution in [2.45, 2.75) is 58.0 Å². The van der Waals surface area contributed by atoms with E-state index >= 15 is 0 Å². The molecule has 0 spiro atoms. The monoisotopic (exact) mass is 217 g/mol. The molecule has 1 N–H and O–H groups in total. The van der Waals surface area contributed by atoms with Gasteiger partial charge in [-0.3, -0.25) is 0 Å². The van der Waals surface area contributed by atoms with E-state index in [1.54, 1.807) is 0 Å². The molecular formula is C15H23N. The number of hydrogen-bond acceptors (Lipinski definition) is 1. The summed E-state index contributed by atoms with van der Waals surface area (Å²) in [6, 6.07) is 10.3. The Morgan fingerprint density at radius 3 is 2.81 bits per heavy atom. The fraction of sp³-hybridized carbons (Fsp3) is 0.600. The Kier molecular flexibility index (Phi) is 4.00. The van der Waals surface area contributed by atoms with E-state index in [4.69, 9.17) is 0 Å². The maximum absolute atomic E-state index is 3.70. The summed E-state index contributed by atoms with van der Waals surface area (Å²) in [4.78, 5) is 0. The third-order valence-electron chi connectivity index (χ3n) is 3.57. The van der Waals surface area contributed by atoms with Crippen LogP contribution in [0.4, 0.5) is 0 Å². The molecule has 88 valence electrons. The van der Waals surface area contributed by atoms with Gasteiger partial charge in [0.15, 0.2) is 0 Å². The van der Waals surface area contributed by atoms with E-state index in [0.717, 1.165) is 6.04 Å². The molecule has 0 aromatic heterocycles. The topological polar surface area (TPSA) is 12.0 Å². The van der Waals surface area contributed by atoms with Crippen LogP contribution in [0.2, 0.25) is 0 Å². The van der Waals surface area contributed by atoms with E-state index in [-0.39, 0.29) is 0 Å². The second-order valence-corrected chi connectivity index (χ2v) is 5.22. The average Bonchev–Trinajstić information content (AvgIpc) is 2.21. The lowest BCUT2D eigenvalue weighted by Gasteiger charge is -2.30. The van der Waals surface area contributed by atoms with Crippen molar-refractivity contribution in [2.75, 3.05) is 0 Å². The van der Waals surface area contributed by atoms with Crippen LogP contribution < -0.4 is 5.32 Å². The van der Waals surface area contributed by atoms with Crippen molar-refractivity contribution >= 4 is 0 Å². The van der Waals surface area contributed by atoms with Crippen LogP contribution in [-0.4, -0.2) is 12.1 Å². The van der Waals surface area contributed by atoms with E-state index in [0.29, 0.717) is 6.04 Å². The zero-order valence-corrected chi connectivity index (χ0v) is 10.5. The van der Waals surface area contributed by atoms with E-state index < -0.39 is 0 Å². The normalized spacial score (nSPS) is 18.1. The van der Waals surface area contributed by atoms with Gasteiger partial charge in [-0.1, -0.05) is 36.2 Å². The molecule has 1 aliphatic carbocycles. The van der Waals surface area contributed by atoms with Crippen molar-refractivity contribution in [1.82, 2.24) is 5.32 Å². The van der Waals surface area contributed by atoms with Gasteiger partial charge in [-0.15, -0.1) is 0 Å². The molecule has 0 heterocycles. The number of hydrogen-bond donors (Lipinski definition) is 1. The molecule has 16 heavy (non-hydrogen) atoms. The van der Waals surface area contributed by atoms with Gasteiger partial charge >= 0.3 is 0 Å². The lowest BCUT2D eigenvalue weighted by atomic mass is 9.92. The zero-order chi connectivity index (χ0) is 11.4. The SMILES string of the molecule is Cc1cccc(CCC(C)NC2CCC2)c1. The van der Waals surface area contributed by atoms with Crippen LogP contribution in [0.15, 0.2) is 24.3 Å². The highest BCUT2D eigenvalue weighted by molar-refractivity contribution is 5.22. The highest BCUT2D eigenvalue weighted by atomic mass is 15.0. The third kappa shape index (κ3) is 3.34. The fourth-order valence-corrected chi connectivity index (χ4v) is 2.31. The van der Waals surface area contributed by atoms with Crippen LogP contribution >= 0.6 is 0 Å². The fourth-order valence-electron chi connectivity index (χ4n) is 2.31. The van der Waals surface area contributed by atoms with Gasteiger partial charge in [0.25, 0.3) is 0 Å². The summed E-state index contributed by atoms with van der Waals surface area (Å²) in [5.74, 6) is 0. The largest absolute Gasteiger partial charge is 0.311 e. The molecular weight excluding hydrogens is 194 g/mol. The van der Waals surface area contributed by atoms with E-state index in [1.807, 2.05) is 0 Å². The van der Waals surface area contributed by atoms with Gasteiger partial charge < -0.3 is 5.32 Å². The minimum atomic E-state index is 0.658. The van der Waals surface area contributed by atoms with Crippen molar-refractivity contribution < 1.29 is 0 Å². The predicted octanol–water partition coefficient (Wildman–Crippen LogP) is 3.46. The van der Waals surface area contributed by atoms with E-state index in [9.17, 15) is 0 Å². The summed E-state index contributed by atoms with van der Waals surface area (Å²) >= 11 is 0. The molecule has 0 amide bonds. The van der Waals surface area contributed by atoms with Gasteiger partial charge in [-0.2, -0.15) is 0 Å². The Bertz CT molecular complexity index is 328. The molecule has 0 saturated heterocycles. The molecule has 1 fully saturated rings. The Morgan fingerprint density at radius 1 is 1.38 bits per heavy atom. The Hall–Kier alpha value is -0.820. The van der Waals surface area contributed by atoms with Crippen LogP contribution in [0.3, 0.4) is 0 Å². The summed E-state index contributed by atoms with van der Waals surface area (Å²) in [5.41, 5.74) is 2.85. The van der Waals surface area contributed by atoms with Crippen LogP contribution in [0.25, 0.3) is 0 Å². The summed E-state index contributed by atoms with van der Waals surface area (Å²) in [6.07, 6.45) is 6.63. The maximum atomic E-state index is 3.70. The van der Waals surface area contributed by atoms with Gasteiger partial charge in [0.1, 0.15) is 0 Å². The van der Waals surface area contributed by atoms with E-state index in [1.165, 1.54) is 43.2 Å². The first-order chi connectivity index (χ1) is 7.74. The number of aryl methyl sites for hydroxylation is 2. The molecule has 1 nitrogen and oxygen atoms in total. The smallest absolute Gasteiger partial charge is 0.00695 e. The van der Waals surface area contributed by atoms with Crippen LogP contribution in [0.5, 0.6) is 0 Å². The second kappa shape index (κ2) is 5.49. The molecule has 1 saturated carbocycles. The van der Waals surface area contributed by atoms with Gasteiger partial charge in [-0.25, -0.2) is 0 Å². The summed E-state index contributed by atoms with van der Waals surface area (Å²) < 4.78 is 0. The summed E-state index contributed by atoms with van der Waals surface area (Å²) in [7, 11) is 0. The molecule has 1 atom stereocenters. The third-order valence-corrected chi connectivity index (χ3v) is 3.57. The van der Waals surface area contributed by atoms with Crippen LogP contribution in [0, 0.1) is 6.92 Å². The predicted molar refractivity (Wildman–Crippen MR) is 69.7 cm³/mol. The van der Waals surface area contributed by atoms with Crippen molar-refractivity contribution in [3.63, 3.8) is 0 Å². The molecule has 1 aromatic rings. The lowest BCUT2D eigenvalue weighted by Crippen LogP contribution is -2.41. The Balaban J connectivity index is 1.73. The summed E-state index contributed by atoms with van der Waals surface area (Å²) in [6.45, 7) is 4.48. The van der Waals surface area contributed by atoms with Gasteiger partial charge in [0.2, 0.25) is 0 Å². The minimum Gasteiger partial charge on any atom is -0.311 e. The molecule has 0 aliphatic heterocycles. The zero-order valence-electron chi connectivity index (χ0n) is 10.5. The highest BCUT2D eigenvalue weighted by Gasteiger charge is 2.18. The Morgan fingerprint density at radius 2 is 2.19 bits per heavy atom. The number of rotatable bonds is 5. The van der Waals surface area contributed by atoms with Crippen LogP contribution in [0.1, 0.15) is 43.7 Å². The Labute approximate surface area is 99.3 Å². The van der Waals surface area contributed by atoms with Crippen molar-refractivity contribution in [3.05, 3.63) is 35.4 Å². The first-order valence-electron chi connectivity index (χ1n) is 6.55. The van der Waals surface area contributed by atoms with Crippen LogP contribution in [-0.2, 0) is 6.42 Å². The van der Waals surface area contributed by atoms with Crippen molar-refractivity contribution in [3.8, 4) is 0 Å². The van der Waals surface area contributed by atoms with Gasteiger partial charge in [0, 0.05) is 12.1 Å². The van der Waals surface area contributed by atoms with Gasteiger partial charge in [0.05, 0.1) is 0 Å². The molecule has 0 radical (unpaired) electrons. The molecule has 0 bridgehead atoms. The maximum Gasteiger partial charge on any atom is 0.00695 e. The lowest BCUT2D eigenvalue weighted by molar-refractivity contribution is 0.304. The quantitative estimate of drug-likeness (QED) is 0.796. The first-order valence-corrected chi connectivity index (χ1v) is 6.55. The molecule has 1 unspecified atom stereocenters. The second-order valence-electron chi connectivity index (χ2n) is 5.22. The number of benzene rings is 1. The molecule has 1 heteroatoms. The van der Waals surface area contributed by atoms with E-state index in [2.05, 4.69) is 43.4 Å². The standard InChI is InChI=1S/C15H23N/c1-12-5-3-6-14(11-12)10-9-13(2)16-15-7-4-8-15/h3,5-6,11,13,15-16H,4,7-10H2,1-2H3. The van der Waals surface area contributed by atoms with Crippen molar-refractivity contribution in [1.29, 1.82) is 0 Å². The highest BCUT2D eigenvalue weighted by Crippen LogP contribution is 2.19. The molecule has 1 aromatic carbocycles. The molecule has 1 aliphatic rings. The summed E-state index contributed by atoms with van der Waals surface area (Å²) in [5, 5.41) is 3.70. The number of nitrogens with one attached hydrogen (secondary N) is 1. The average molecular weight is 217 g/mol. The van der Waals surface area contributed by atoms with Gasteiger partial charge in [-0.05, 0) is 45.1 Å². The minimum absolute atomic E-state index is 0.658. The van der Waals surface area contributed by atoms with Crippen molar-refractivity contribution in [2.24, 2.45) is 0 Å². The molecule has 2 rings (SSSR count). The first kappa shape index (κ1) is 11.7.